The van der Waals surface area contributed by atoms with Crippen molar-refractivity contribution in [2.24, 2.45) is 0 Å². The molecular weight excluding hydrogens is 304 g/mol. The second-order valence-corrected chi connectivity index (χ2v) is 5.09. The minimum Gasteiger partial charge on any atom is -0.325 e. The molecule has 0 aliphatic heterocycles. The molecule has 0 saturated carbocycles. The number of amides is 1. The van der Waals surface area contributed by atoms with E-state index in [0.717, 1.165) is 20.9 Å². The van der Waals surface area contributed by atoms with Crippen molar-refractivity contribution in [2.45, 2.75) is 0 Å². The van der Waals surface area contributed by atoms with Gasteiger partial charge in [-0.1, -0.05) is 34.1 Å². The van der Waals surface area contributed by atoms with Crippen LogP contribution in [0.25, 0.3) is 10.8 Å². The molecule has 0 aliphatic carbocycles. The third-order valence-corrected chi connectivity index (χ3v) is 3.15. The Morgan fingerprint density at radius 2 is 1.95 bits per heavy atom. The van der Waals surface area contributed by atoms with Crippen molar-refractivity contribution in [3.63, 3.8) is 0 Å². The van der Waals surface area contributed by atoms with Gasteiger partial charge in [-0.3, -0.25) is 4.79 Å². The monoisotopic (exact) mass is 318 g/mol. The largest absolute Gasteiger partial charge is 0.325 e. The number of fused-ring (bicyclic) bond motifs is 1. The van der Waals surface area contributed by atoms with E-state index in [4.69, 9.17) is 0 Å². The highest BCUT2D eigenvalue weighted by atomic mass is 79.9. The second-order valence-electron chi connectivity index (χ2n) is 4.17. The summed E-state index contributed by atoms with van der Waals surface area (Å²) in [6.45, 7) is 4.49. The summed E-state index contributed by atoms with van der Waals surface area (Å²) in [6.07, 6.45) is 1.72. The predicted octanol–water partition coefficient (Wildman–Crippen LogP) is 3.32. The van der Waals surface area contributed by atoms with E-state index in [1.807, 2.05) is 36.4 Å². The molecule has 2 N–H and O–H groups in total. The van der Waals surface area contributed by atoms with Gasteiger partial charge in [0.05, 0.1) is 6.54 Å². The van der Waals surface area contributed by atoms with Crippen molar-refractivity contribution in [1.82, 2.24) is 5.32 Å². The van der Waals surface area contributed by atoms with E-state index in [1.165, 1.54) is 0 Å². The van der Waals surface area contributed by atoms with Gasteiger partial charge >= 0.3 is 0 Å². The summed E-state index contributed by atoms with van der Waals surface area (Å²) in [5.41, 5.74) is 0.806. The van der Waals surface area contributed by atoms with Crippen LogP contribution in [0, 0.1) is 0 Å². The van der Waals surface area contributed by atoms with E-state index in [0.29, 0.717) is 6.54 Å². The van der Waals surface area contributed by atoms with Gasteiger partial charge in [-0.25, -0.2) is 0 Å². The normalized spacial score (nSPS) is 10.4. The van der Waals surface area contributed by atoms with E-state index >= 15 is 0 Å². The fraction of sp³-hybridized carbons (Fsp3) is 0.133. The topological polar surface area (TPSA) is 41.1 Å². The molecule has 0 aliphatic rings. The molecule has 1 amide bonds. The van der Waals surface area contributed by atoms with Crippen molar-refractivity contribution < 1.29 is 4.79 Å². The number of anilines is 1. The van der Waals surface area contributed by atoms with E-state index in [2.05, 4.69) is 33.1 Å². The lowest BCUT2D eigenvalue weighted by Gasteiger charge is -2.07. The van der Waals surface area contributed by atoms with Crippen LogP contribution in [0.4, 0.5) is 5.69 Å². The Morgan fingerprint density at radius 1 is 1.21 bits per heavy atom. The number of carbonyl (C=O) groups is 1. The van der Waals surface area contributed by atoms with Crippen LogP contribution in [-0.4, -0.2) is 19.0 Å². The summed E-state index contributed by atoms with van der Waals surface area (Å²) >= 11 is 3.44. The number of rotatable bonds is 5. The number of carbonyl (C=O) groups excluding carboxylic acids is 1. The third kappa shape index (κ3) is 3.91. The van der Waals surface area contributed by atoms with Crippen LogP contribution in [0.5, 0.6) is 0 Å². The summed E-state index contributed by atoms with van der Waals surface area (Å²) < 4.78 is 1.05. The fourth-order valence-corrected chi connectivity index (χ4v) is 2.17. The van der Waals surface area contributed by atoms with Crippen molar-refractivity contribution >= 4 is 38.3 Å². The molecule has 19 heavy (non-hydrogen) atoms. The van der Waals surface area contributed by atoms with Crippen LogP contribution in [0.2, 0.25) is 0 Å². The smallest absolute Gasteiger partial charge is 0.238 e. The molecule has 4 heteroatoms. The number of hydrogen-bond acceptors (Lipinski definition) is 2. The summed E-state index contributed by atoms with van der Waals surface area (Å²) in [7, 11) is 0. The summed E-state index contributed by atoms with van der Waals surface area (Å²) in [5.74, 6) is -0.0571. The van der Waals surface area contributed by atoms with Crippen molar-refractivity contribution in [3.8, 4) is 0 Å². The molecular formula is C15H15BrN2O. The summed E-state index contributed by atoms with van der Waals surface area (Å²) in [6, 6.07) is 11.9. The van der Waals surface area contributed by atoms with Crippen LogP contribution in [0.3, 0.4) is 0 Å². The van der Waals surface area contributed by atoms with Gasteiger partial charge in [0.25, 0.3) is 0 Å². The Kier molecular flexibility index (Phi) is 4.71. The molecule has 0 radical (unpaired) electrons. The van der Waals surface area contributed by atoms with Crippen molar-refractivity contribution in [1.29, 1.82) is 0 Å². The first-order valence-corrected chi connectivity index (χ1v) is 6.79. The van der Waals surface area contributed by atoms with Gasteiger partial charge in [-0.05, 0) is 35.0 Å². The number of hydrogen-bond donors (Lipinski definition) is 2. The van der Waals surface area contributed by atoms with Crippen LogP contribution < -0.4 is 10.6 Å². The minimum atomic E-state index is -0.0571. The number of halogens is 1. The Hall–Kier alpha value is -1.65. The number of nitrogens with one attached hydrogen (secondary N) is 2. The first-order chi connectivity index (χ1) is 9.19. The lowest BCUT2D eigenvalue weighted by Crippen LogP contribution is -2.28. The van der Waals surface area contributed by atoms with Crippen LogP contribution in [-0.2, 0) is 4.79 Å². The molecule has 0 atom stereocenters. The van der Waals surface area contributed by atoms with Gasteiger partial charge in [0.2, 0.25) is 5.91 Å². The highest BCUT2D eigenvalue weighted by Gasteiger charge is 2.02. The van der Waals surface area contributed by atoms with Gasteiger partial charge in [0.15, 0.2) is 0 Å². The Balaban J connectivity index is 2.07. The lowest BCUT2D eigenvalue weighted by atomic mass is 10.1. The van der Waals surface area contributed by atoms with Crippen LogP contribution in [0.1, 0.15) is 0 Å². The third-order valence-electron chi connectivity index (χ3n) is 2.66. The molecule has 2 aromatic carbocycles. The maximum absolute atomic E-state index is 11.7. The minimum absolute atomic E-state index is 0.0571. The van der Waals surface area contributed by atoms with Gasteiger partial charge in [-0.15, -0.1) is 6.58 Å². The Labute approximate surface area is 120 Å². The molecule has 0 heterocycles. The molecule has 0 saturated heterocycles. The molecule has 0 unspecified atom stereocenters. The second kappa shape index (κ2) is 6.50. The van der Waals surface area contributed by atoms with Crippen molar-refractivity contribution in [3.05, 3.63) is 53.5 Å². The highest BCUT2D eigenvalue weighted by Crippen LogP contribution is 2.22. The standard InChI is InChI=1S/C15H15BrN2O/c1-2-7-17-10-15(19)18-14-6-4-11-8-13(16)5-3-12(11)9-14/h2-6,8-9,17H,1,7,10H2,(H,18,19). The summed E-state index contributed by atoms with van der Waals surface area (Å²) in [4.78, 5) is 11.7. The average Bonchev–Trinajstić information content (AvgIpc) is 2.39. The molecule has 0 spiro atoms. The van der Waals surface area contributed by atoms with E-state index in [1.54, 1.807) is 6.08 Å². The fourth-order valence-electron chi connectivity index (χ4n) is 1.79. The van der Waals surface area contributed by atoms with Gasteiger partial charge < -0.3 is 10.6 Å². The van der Waals surface area contributed by atoms with Gasteiger partial charge in [0, 0.05) is 16.7 Å². The molecule has 0 aromatic heterocycles. The predicted molar refractivity (Wildman–Crippen MR) is 83.3 cm³/mol. The van der Waals surface area contributed by atoms with Gasteiger partial charge in [0.1, 0.15) is 0 Å². The number of benzene rings is 2. The zero-order valence-corrected chi connectivity index (χ0v) is 12.0. The average molecular weight is 319 g/mol. The van der Waals surface area contributed by atoms with E-state index in [9.17, 15) is 4.79 Å². The molecule has 0 fully saturated rings. The molecule has 2 rings (SSSR count). The quantitative estimate of drug-likeness (QED) is 0.656. The maximum atomic E-state index is 11.7. The zero-order chi connectivity index (χ0) is 13.7. The van der Waals surface area contributed by atoms with Crippen LogP contribution in [0.15, 0.2) is 53.5 Å². The Morgan fingerprint density at radius 3 is 2.74 bits per heavy atom. The molecule has 0 bridgehead atoms. The van der Waals surface area contributed by atoms with E-state index in [-0.39, 0.29) is 12.5 Å². The Bertz CT molecular complexity index is 610. The molecule has 2 aromatic rings. The van der Waals surface area contributed by atoms with E-state index < -0.39 is 0 Å². The summed E-state index contributed by atoms with van der Waals surface area (Å²) in [5, 5.41) is 8.06. The SMILES string of the molecule is C=CCNCC(=O)Nc1ccc2cc(Br)ccc2c1. The maximum Gasteiger partial charge on any atom is 0.238 e. The first kappa shape index (κ1) is 13.8. The lowest BCUT2D eigenvalue weighted by molar-refractivity contribution is -0.115. The zero-order valence-electron chi connectivity index (χ0n) is 10.4. The van der Waals surface area contributed by atoms with Crippen molar-refractivity contribution in [2.75, 3.05) is 18.4 Å². The molecule has 3 nitrogen and oxygen atoms in total. The highest BCUT2D eigenvalue weighted by molar-refractivity contribution is 9.10. The van der Waals surface area contributed by atoms with Crippen LogP contribution >= 0.6 is 15.9 Å². The first-order valence-electron chi connectivity index (χ1n) is 6.00. The molecule has 98 valence electrons. The van der Waals surface area contributed by atoms with Gasteiger partial charge in [-0.2, -0.15) is 0 Å².